The molecule has 1 saturated heterocycles. The first-order chi connectivity index (χ1) is 15.4. The molecule has 34 heavy (non-hydrogen) atoms. The van der Waals surface area contributed by atoms with Crippen molar-refractivity contribution in [1.82, 2.24) is 4.90 Å². The molecule has 1 aromatic carbocycles. The van der Waals surface area contributed by atoms with E-state index in [4.69, 9.17) is 4.74 Å². The van der Waals surface area contributed by atoms with Crippen LogP contribution in [0.3, 0.4) is 0 Å². The van der Waals surface area contributed by atoms with Crippen molar-refractivity contribution in [2.45, 2.75) is 83.8 Å². The van der Waals surface area contributed by atoms with E-state index >= 15 is 0 Å². The number of carbonyl (C=O) groups is 2. The van der Waals surface area contributed by atoms with Gasteiger partial charge in [-0.1, -0.05) is 6.07 Å². The minimum atomic E-state index is -4.17. The Morgan fingerprint density at radius 2 is 1.71 bits per heavy atom. The fourth-order valence-corrected chi connectivity index (χ4v) is 5.64. The number of hydrogen-bond donors (Lipinski definition) is 1. The second kappa shape index (κ2) is 9.84. The minimum Gasteiger partial charge on any atom is -0.444 e. The van der Waals surface area contributed by atoms with Gasteiger partial charge in [0, 0.05) is 12.0 Å². The number of carbonyl (C=O) groups excluding carboxylic acids is 2. The van der Waals surface area contributed by atoms with Gasteiger partial charge in [0.2, 0.25) is 0 Å². The molecule has 1 aliphatic heterocycles. The number of anilines is 1. The predicted octanol–water partition coefficient (Wildman–Crippen LogP) is 1.82. The zero-order valence-electron chi connectivity index (χ0n) is 20.7. The van der Waals surface area contributed by atoms with Crippen molar-refractivity contribution in [3.05, 3.63) is 44.5 Å². The van der Waals surface area contributed by atoms with Crippen molar-refractivity contribution >= 4 is 27.8 Å². The molecular weight excluding hydrogens is 465 g/mol. The predicted molar refractivity (Wildman–Crippen MR) is 127 cm³/mol. The van der Waals surface area contributed by atoms with Crippen molar-refractivity contribution in [2.24, 2.45) is 0 Å². The van der Waals surface area contributed by atoms with Gasteiger partial charge in [0.25, 0.3) is 0 Å². The molecule has 0 saturated carbocycles. The van der Waals surface area contributed by atoms with Crippen molar-refractivity contribution < 1.29 is 52.3 Å². The zero-order chi connectivity index (χ0) is 24.0. The molecule has 180 valence electrons. The topological polar surface area (TPSA) is 107 Å². The number of nitrogens with one attached hydrogen (secondary N) is 1. The van der Waals surface area contributed by atoms with Crippen LogP contribution in [-0.2, 0) is 40.4 Å². The van der Waals surface area contributed by atoms with Gasteiger partial charge >= 0.3 is 35.7 Å². The maximum atomic E-state index is 12.6. The van der Waals surface area contributed by atoms with Crippen molar-refractivity contribution in [3.63, 3.8) is 0 Å². The fourth-order valence-electron chi connectivity index (χ4n) is 4.84. The van der Waals surface area contributed by atoms with Crippen LogP contribution < -0.4 is 34.9 Å². The Bertz CT molecular complexity index is 1090. The van der Waals surface area contributed by atoms with Gasteiger partial charge in [0.1, 0.15) is 5.60 Å². The first-order valence-corrected chi connectivity index (χ1v) is 13.0. The van der Waals surface area contributed by atoms with Crippen LogP contribution in [0.15, 0.2) is 17.6 Å². The molecule has 1 aromatic rings. The quantitative estimate of drug-likeness (QED) is 0.639. The normalized spacial score (nSPS) is 21.4. The molecule has 2 aliphatic carbocycles. The number of fused-ring (bicyclic) bond motifs is 2. The van der Waals surface area contributed by atoms with Crippen LogP contribution in [0.5, 0.6) is 0 Å². The number of urea groups is 1. The number of sulfonamides is 1. The molecule has 1 unspecified atom stereocenters. The maximum Gasteiger partial charge on any atom is 1.00 e. The van der Waals surface area contributed by atoms with E-state index in [1.165, 1.54) is 22.1 Å². The molecule has 3 amide bonds. The standard InChI is InChI=1S/C24H33N3O5S.Na/c1-23(2,3)32-22(29)27-13-11-24(27,4)12-14-33(30,31)26-21(28)25-20-18-9-5-7-16(18)15-17-8-6-10-19(17)20;/h12,14-15H,5-11,13H2,1-4H3,(H2,25,26,28);/q;+1/p-1/b14-12+;. The SMILES string of the molecule is CC(C)(C)OC(=O)N1CCC1(C)/C=C/S(=O)(=O)[N-]C(=O)Nc1c2c(cc3c1CCC3)CCC2.[Na+]. The van der Waals surface area contributed by atoms with Gasteiger partial charge in [0.15, 0.2) is 16.1 Å². The third-order valence-electron chi connectivity index (χ3n) is 6.59. The van der Waals surface area contributed by atoms with Crippen LogP contribution >= 0.6 is 0 Å². The van der Waals surface area contributed by atoms with Gasteiger partial charge in [-0.25, -0.2) is 13.2 Å². The number of likely N-dealkylation sites (tertiary alicyclic amines) is 1. The molecule has 0 aromatic heterocycles. The van der Waals surface area contributed by atoms with Gasteiger partial charge in [0.05, 0.1) is 5.54 Å². The summed E-state index contributed by atoms with van der Waals surface area (Å²) in [6, 6.07) is 1.35. The van der Waals surface area contributed by atoms with E-state index in [0.29, 0.717) is 13.0 Å². The van der Waals surface area contributed by atoms with Crippen LogP contribution in [0.1, 0.15) is 69.2 Å². The van der Waals surface area contributed by atoms with Gasteiger partial charge in [-0.3, -0.25) is 9.69 Å². The van der Waals surface area contributed by atoms with E-state index in [9.17, 15) is 18.0 Å². The Labute approximate surface area is 224 Å². The van der Waals surface area contributed by atoms with Crippen molar-refractivity contribution in [2.75, 3.05) is 11.9 Å². The fraction of sp³-hybridized carbons (Fsp3) is 0.583. The summed E-state index contributed by atoms with van der Waals surface area (Å²) in [5, 5.41) is 3.68. The Morgan fingerprint density at radius 1 is 1.12 bits per heavy atom. The number of aryl methyl sites for hydroxylation is 2. The van der Waals surface area contributed by atoms with Crippen LogP contribution in [0.4, 0.5) is 15.3 Å². The number of ether oxygens (including phenoxy) is 1. The Morgan fingerprint density at radius 3 is 2.21 bits per heavy atom. The summed E-state index contributed by atoms with van der Waals surface area (Å²) >= 11 is 0. The van der Waals surface area contributed by atoms with E-state index in [1.54, 1.807) is 27.7 Å². The Balaban J connectivity index is 0.00000324. The Kier molecular flexibility index (Phi) is 7.82. The summed E-state index contributed by atoms with van der Waals surface area (Å²) in [6.45, 7) is 7.55. The number of rotatable bonds is 4. The summed E-state index contributed by atoms with van der Waals surface area (Å²) in [7, 11) is -4.17. The second-order valence-electron chi connectivity index (χ2n) is 10.3. The summed E-state index contributed by atoms with van der Waals surface area (Å²) in [4.78, 5) is 26.4. The molecule has 0 bridgehead atoms. The number of benzene rings is 1. The average Bonchev–Trinajstić information content (AvgIpc) is 3.32. The Hall–Kier alpha value is -1.55. The minimum absolute atomic E-state index is 0. The van der Waals surface area contributed by atoms with Gasteiger partial charge < -0.3 is 14.8 Å². The summed E-state index contributed by atoms with van der Waals surface area (Å²) < 4.78 is 33.9. The van der Waals surface area contributed by atoms with Crippen LogP contribution in [0.2, 0.25) is 0 Å². The molecule has 0 spiro atoms. The molecule has 8 nitrogen and oxygen atoms in total. The third-order valence-corrected chi connectivity index (χ3v) is 7.49. The summed E-state index contributed by atoms with van der Waals surface area (Å²) in [6.07, 6.45) is 7.29. The van der Waals surface area contributed by atoms with Gasteiger partial charge in [-0.2, -0.15) is 0 Å². The van der Waals surface area contributed by atoms with Crippen LogP contribution in [0.25, 0.3) is 4.72 Å². The number of amides is 3. The number of hydrogen-bond acceptors (Lipinski definition) is 5. The van der Waals surface area contributed by atoms with Gasteiger partial charge in [-0.15, -0.1) is 0 Å². The zero-order valence-corrected chi connectivity index (χ0v) is 23.5. The summed E-state index contributed by atoms with van der Waals surface area (Å²) in [5.41, 5.74) is 4.02. The van der Waals surface area contributed by atoms with E-state index in [1.807, 2.05) is 0 Å². The molecule has 1 fully saturated rings. The van der Waals surface area contributed by atoms with Crippen molar-refractivity contribution in [3.8, 4) is 0 Å². The first-order valence-electron chi connectivity index (χ1n) is 11.5. The molecular formula is C24H32N3NaO5S. The van der Waals surface area contributed by atoms with Crippen LogP contribution in [0, 0.1) is 0 Å². The second-order valence-corrected chi connectivity index (χ2v) is 11.8. The molecule has 1 atom stereocenters. The first kappa shape index (κ1) is 27.0. The molecule has 1 N–H and O–H groups in total. The van der Waals surface area contributed by atoms with E-state index in [0.717, 1.165) is 60.7 Å². The monoisotopic (exact) mass is 497 g/mol. The molecule has 3 aliphatic rings. The summed E-state index contributed by atoms with van der Waals surface area (Å²) in [5.74, 6) is 0. The van der Waals surface area contributed by atoms with E-state index < -0.39 is 33.3 Å². The maximum absolute atomic E-state index is 12.6. The third kappa shape index (κ3) is 5.80. The van der Waals surface area contributed by atoms with Crippen LogP contribution in [-0.4, -0.2) is 43.1 Å². The smallest absolute Gasteiger partial charge is 0.444 e. The van der Waals surface area contributed by atoms with Gasteiger partial charge in [-0.05, 0) is 107 Å². The van der Waals surface area contributed by atoms with Crippen molar-refractivity contribution in [1.29, 1.82) is 0 Å². The van der Waals surface area contributed by atoms with E-state index in [-0.39, 0.29) is 29.6 Å². The molecule has 10 heteroatoms. The largest absolute Gasteiger partial charge is 1.00 e. The molecule has 0 radical (unpaired) electrons. The average molecular weight is 498 g/mol. The number of nitrogens with zero attached hydrogens (tertiary/aromatic N) is 2. The molecule has 4 rings (SSSR count). The van der Waals surface area contributed by atoms with E-state index in [2.05, 4.69) is 16.1 Å². The molecule has 1 heterocycles.